The molecule has 0 radical (unpaired) electrons. The largest absolute Gasteiger partial charge is 0.384 e. The number of thiol groups is 1. The molecular weight excluding hydrogens is 543 g/mol. The Morgan fingerprint density at radius 1 is 1.24 bits per heavy atom. The number of hydrazone groups is 1. The quantitative estimate of drug-likeness (QED) is 0.391. The zero-order valence-corrected chi connectivity index (χ0v) is 22.0. The number of pyridine rings is 1. The van der Waals surface area contributed by atoms with Gasteiger partial charge < -0.3 is 25.1 Å². The van der Waals surface area contributed by atoms with Crippen LogP contribution < -0.4 is 16.1 Å². The van der Waals surface area contributed by atoms with E-state index in [1.165, 1.54) is 19.2 Å². The SMILES string of the molecule is CNC(=O)c1cc(Cl)cc(C)c1NC(=O)C1=C(O[SH](=O)=O)C=CN(C2=NNCC2c2ncccc2Cl)C1. The van der Waals surface area contributed by atoms with Crippen LogP contribution in [0.15, 0.2) is 59.2 Å². The van der Waals surface area contributed by atoms with Crippen molar-refractivity contribution >= 4 is 57.5 Å². The van der Waals surface area contributed by atoms with Gasteiger partial charge in [0.2, 0.25) is 0 Å². The van der Waals surface area contributed by atoms with Crippen molar-refractivity contribution in [2.45, 2.75) is 12.8 Å². The molecule has 0 saturated heterocycles. The number of allylic oxidation sites excluding steroid dienone is 1. The number of carbonyl (C=O) groups is 2. The second-order valence-corrected chi connectivity index (χ2v) is 9.51. The van der Waals surface area contributed by atoms with E-state index in [1.807, 2.05) is 0 Å². The van der Waals surface area contributed by atoms with Gasteiger partial charge in [-0.05, 0) is 42.8 Å². The number of nitrogens with one attached hydrogen (secondary N) is 3. The molecule has 2 aliphatic rings. The lowest BCUT2D eigenvalue weighted by atomic mass is 10.0. The highest BCUT2D eigenvalue weighted by atomic mass is 35.5. The standard InChI is InChI=1S/C23H22Cl2N6O5S/c1-12-8-13(24)9-14(22(32)26-2)19(12)29-23(33)16-11-31(7-5-18(16)36-37(34)35)21-15(10-28-30-21)20-17(25)4-3-6-27-20/h3-9,15,28,37H,10-11H2,1-2H3,(H,26,32)(H,29,33). The number of amides is 2. The molecule has 11 nitrogen and oxygen atoms in total. The molecule has 37 heavy (non-hydrogen) atoms. The highest BCUT2D eigenvalue weighted by Crippen LogP contribution is 2.30. The van der Waals surface area contributed by atoms with Crippen LogP contribution in [-0.4, -0.2) is 56.1 Å². The van der Waals surface area contributed by atoms with E-state index >= 15 is 0 Å². The van der Waals surface area contributed by atoms with Crippen molar-refractivity contribution in [3.8, 4) is 0 Å². The zero-order chi connectivity index (χ0) is 26.7. The van der Waals surface area contributed by atoms with Crippen LogP contribution in [0.2, 0.25) is 10.0 Å². The van der Waals surface area contributed by atoms with Gasteiger partial charge in [-0.3, -0.25) is 14.6 Å². The highest BCUT2D eigenvalue weighted by Gasteiger charge is 2.33. The maximum Gasteiger partial charge on any atom is 0.299 e. The third kappa shape index (κ3) is 5.71. The van der Waals surface area contributed by atoms with Crippen LogP contribution in [0, 0.1) is 6.92 Å². The van der Waals surface area contributed by atoms with Gasteiger partial charge in [-0.2, -0.15) is 13.5 Å². The minimum atomic E-state index is -3.30. The molecule has 4 rings (SSSR count). The predicted molar refractivity (Wildman–Crippen MR) is 140 cm³/mol. The molecule has 1 aromatic heterocycles. The molecule has 0 aliphatic carbocycles. The zero-order valence-electron chi connectivity index (χ0n) is 19.6. The Bertz CT molecular complexity index is 1430. The van der Waals surface area contributed by atoms with E-state index in [1.54, 1.807) is 42.4 Å². The van der Waals surface area contributed by atoms with Gasteiger partial charge in [-0.1, -0.05) is 23.2 Å². The Hall–Kier alpha value is -3.61. The number of halogens is 2. The Labute approximate surface area is 224 Å². The van der Waals surface area contributed by atoms with Crippen molar-refractivity contribution in [2.75, 3.05) is 25.5 Å². The van der Waals surface area contributed by atoms with E-state index in [0.717, 1.165) is 0 Å². The molecule has 0 fully saturated rings. The molecule has 3 N–H and O–H groups in total. The Kier molecular flexibility index (Phi) is 8.00. The van der Waals surface area contributed by atoms with Crippen molar-refractivity contribution in [3.63, 3.8) is 0 Å². The molecule has 0 spiro atoms. The predicted octanol–water partition coefficient (Wildman–Crippen LogP) is 2.32. The summed E-state index contributed by atoms with van der Waals surface area (Å²) in [4.78, 5) is 31.9. The molecule has 0 saturated carbocycles. The lowest BCUT2D eigenvalue weighted by Crippen LogP contribution is -2.37. The molecule has 2 aliphatic heterocycles. The highest BCUT2D eigenvalue weighted by molar-refractivity contribution is 7.67. The van der Waals surface area contributed by atoms with E-state index in [9.17, 15) is 18.0 Å². The number of aryl methyl sites for hydroxylation is 1. The molecule has 3 heterocycles. The summed E-state index contributed by atoms with van der Waals surface area (Å²) in [6, 6.07) is 6.46. The third-order valence-corrected chi connectivity index (χ3v) is 6.58. The van der Waals surface area contributed by atoms with Crippen LogP contribution in [0.25, 0.3) is 0 Å². The first-order valence-corrected chi connectivity index (χ1v) is 12.8. The Balaban J connectivity index is 1.67. The number of rotatable bonds is 6. The number of benzene rings is 1. The van der Waals surface area contributed by atoms with Crippen molar-refractivity contribution < 1.29 is 22.2 Å². The number of anilines is 1. The number of hydrogen-bond donors (Lipinski definition) is 4. The monoisotopic (exact) mass is 564 g/mol. The minimum Gasteiger partial charge on any atom is -0.384 e. The lowest BCUT2D eigenvalue weighted by molar-refractivity contribution is -0.113. The van der Waals surface area contributed by atoms with Crippen LogP contribution in [0.5, 0.6) is 0 Å². The van der Waals surface area contributed by atoms with E-state index in [0.29, 0.717) is 33.7 Å². The van der Waals surface area contributed by atoms with Gasteiger partial charge in [-0.25, -0.2) is 0 Å². The Morgan fingerprint density at radius 3 is 2.73 bits per heavy atom. The summed E-state index contributed by atoms with van der Waals surface area (Å²) >= 11 is 12.5. The third-order valence-electron chi connectivity index (χ3n) is 5.70. The summed E-state index contributed by atoms with van der Waals surface area (Å²) in [6.07, 6.45) is 4.54. The molecule has 1 aromatic carbocycles. The summed E-state index contributed by atoms with van der Waals surface area (Å²) < 4.78 is 27.6. The molecular formula is C23H22Cl2N6O5S. The van der Waals surface area contributed by atoms with Gasteiger partial charge in [0.25, 0.3) is 22.8 Å². The smallest absolute Gasteiger partial charge is 0.299 e. The molecule has 1 unspecified atom stereocenters. The molecule has 0 bridgehead atoms. The van der Waals surface area contributed by atoms with Crippen LogP contribution >= 0.6 is 23.2 Å². The minimum absolute atomic E-state index is 0.000579. The van der Waals surface area contributed by atoms with Gasteiger partial charge in [0, 0.05) is 31.0 Å². The van der Waals surface area contributed by atoms with Gasteiger partial charge in [0.1, 0.15) is 5.84 Å². The van der Waals surface area contributed by atoms with Gasteiger partial charge in [0.15, 0.2) is 5.76 Å². The van der Waals surface area contributed by atoms with E-state index in [4.69, 9.17) is 27.4 Å². The fourth-order valence-corrected chi connectivity index (χ4v) is 4.86. The van der Waals surface area contributed by atoms with Crippen LogP contribution in [0.4, 0.5) is 5.69 Å². The van der Waals surface area contributed by atoms with Gasteiger partial charge in [0.05, 0.1) is 40.0 Å². The van der Waals surface area contributed by atoms with Crippen molar-refractivity contribution in [3.05, 3.63) is 80.9 Å². The van der Waals surface area contributed by atoms with Crippen molar-refractivity contribution in [2.24, 2.45) is 5.10 Å². The van der Waals surface area contributed by atoms with E-state index in [2.05, 4.69) is 26.1 Å². The van der Waals surface area contributed by atoms with Gasteiger partial charge in [-0.15, -0.1) is 0 Å². The second-order valence-electron chi connectivity index (χ2n) is 8.04. The first-order valence-electron chi connectivity index (χ1n) is 10.9. The number of aromatic nitrogens is 1. The first-order chi connectivity index (χ1) is 17.7. The average molecular weight is 565 g/mol. The fourth-order valence-electron chi connectivity index (χ4n) is 4.00. The van der Waals surface area contributed by atoms with E-state index < -0.39 is 22.8 Å². The number of hydrogen-bond acceptors (Lipinski definition) is 9. The number of amidine groups is 1. The fraction of sp³-hybridized carbons (Fsp3) is 0.217. The number of nitrogens with zero attached hydrogens (tertiary/aromatic N) is 3. The molecule has 1 atom stereocenters. The summed E-state index contributed by atoms with van der Waals surface area (Å²) in [6.45, 7) is 2.03. The van der Waals surface area contributed by atoms with Crippen LogP contribution in [-0.2, 0) is 20.0 Å². The maximum atomic E-state index is 13.5. The molecule has 2 amide bonds. The molecule has 2 aromatic rings. The van der Waals surface area contributed by atoms with Crippen molar-refractivity contribution in [1.82, 2.24) is 20.6 Å². The topological polar surface area (TPSA) is 142 Å². The van der Waals surface area contributed by atoms with E-state index in [-0.39, 0.29) is 35.0 Å². The normalized spacial score (nSPS) is 16.9. The van der Waals surface area contributed by atoms with Gasteiger partial charge >= 0.3 is 0 Å². The lowest BCUT2D eigenvalue weighted by Gasteiger charge is -2.28. The number of carbonyl (C=O) groups excluding carboxylic acids is 2. The first kappa shape index (κ1) is 26.5. The molecule has 194 valence electrons. The average Bonchev–Trinajstić information content (AvgIpc) is 3.34. The molecule has 14 heteroatoms. The van der Waals surface area contributed by atoms with Crippen molar-refractivity contribution in [1.29, 1.82) is 0 Å². The Morgan fingerprint density at radius 2 is 2.03 bits per heavy atom. The second kappa shape index (κ2) is 11.2. The van der Waals surface area contributed by atoms with Crippen LogP contribution in [0.1, 0.15) is 27.5 Å². The summed E-state index contributed by atoms with van der Waals surface area (Å²) in [7, 11) is -1.84. The maximum absolute atomic E-state index is 13.5. The summed E-state index contributed by atoms with van der Waals surface area (Å²) in [5.41, 5.74) is 4.44. The van der Waals surface area contributed by atoms with Crippen LogP contribution in [0.3, 0.4) is 0 Å². The summed E-state index contributed by atoms with van der Waals surface area (Å²) in [5.74, 6) is -1.07. The summed E-state index contributed by atoms with van der Waals surface area (Å²) in [5, 5.41) is 10.4.